The van der Waals surface area contributed by atoms with Crippen LogP contribution < -0.4 is 11.1 Å². The smallest absolute Gasteiger partial charge is 0.257 e. The van der Waals surface area contributed by atoms with Crippen molar-refractivity contribution in [1.82, 2.24) is 9.47 Å². The summed E-state index contributed by atoms with van der Waals surface area (Å²) in [6.07, 6.45) is 3.43. The van der Waals surface area contributed by atoms with Gasteiger partial charge in [0.15, 0.2) is 5.96 Å². The first kappa shape index (κ1) is 24.3. The van der Waals surface area contributed by atoms with Crippen molar-refractivity contribution in [3.05, 3.63) is 64.8 Å². The van der Waals surface area contributed by atoms with E-state index in [1.54, 1.807) is 23.2 Å². The number of aromatic nitrogens is 1. The summed E-state index contributed by atoms with van der Waals surface area (Å²) < 4.78 is 7.54. The number of carbonyl (C=O) groups excluding carboxylic acids is 2. The number of aryl methyl sites for hydroxylation is 1. The van der Waals surface area contributed by atoms with Crippen molar-refractivity contribution in [3.8, 4) is 0 Å². The maximum absolute atomic E-state index is 13.3. The Hall–Kier alpha value is -3.36. The van der Waals surface area contributed by atoms with Crippen molar-refractivity contribution >= 4 is 46.0 Å². The van der Waals surface area contributed by atoms with Crippen LogP contribution in [0.3, 0.4) is 0 Å². The number of hydrogen-bond acceptors (Lipinski definition) is 5. The Bertz CT molecular complexity index is 1380. The Morgan fingerprint density at radius 3 is 2.78 bits per heavy atom. The van der Waals surface area contributed by atoms with Gasteiger partial charge in [-0.2, -0.15) is 0 Å². The molecule has 0 unspecified atom stereocenters. The van der Waals surface area contributed by atoms with Gasteiger partial charge in [0.1, 0.15) is 0 Å². The molecule has 3 N–H and O–H groups in total. The molecule has 0 spiro atoms. The number of carbonyl (C=O) groups is 2. The summed E-state index contributed by atoms with van der Waals surface area (Å²) in [6.45, 7) is 4.43. The number of fused-ring (bicyclic) bond motifs is 1. The molecule has 5 rings (SSSR count). The molecule has 0 aliphatic carbocycles. The molecule has 1 aromatic heterocycles. The first-order chi connectivity index (χ1) is 17.2. The quantitative estimate of drug-likeness (QED) is 0.546. The molecule has 1 fully saturated rings. The van der Waals surface area contributed by atoms with Crippen molar-refractivity contribution < 1.29 is 14.3 Å². The van der Waals surface area contributed by atoms with Gasteiger partial charge in [-0.3, -0.25) is 14.5 Å². The highest BCUT2D eigenvalue weighted by atomic mass is 35.5. The molecular formula is C27H30ClN5O3. The third-order valence-corrected chi connectivity index (χ3v) is 7.57. The van der Waals surface area contributed by atoms with Gasteiger partial charge in [0.2, 0.25) is 5.91 Å². The highest BCUT2D eigenvalue weighted by Gasteiger charge is 2.42. The fraction of sp³-hybridized carbons (Fsp3) is 0.370. The highest BCUT2D eigenvalue weighted by Crippen LogP contribution is 2.41. The summed E-state index contributed by atoms with van der Waals surface area (Å²) >= 11 is 6.81. The SMILES string of the molecule is C[C@@H]1C[C@H](N2C(=O)C[C@@](C)(c3cccc(NC(=O)c4cn(C)c5ccccc45)c3Cl)N=C2N)CCO1. The molecule has 3 heterocycles. The van der Waals surface area contributed by atoms with Crippen molar-refractivity contribution in [3.63, 3.8) is 0 Å². The molecule has 36 heavy (non-hydrogen) atoms. The van der Waals surface area contributed by atoms with Crippen LogP contribution in [-0.4, -0.2) is 46.0 Å². The van der Waals surface area contributed by atoms with Crippen molar-refractivity contribution in [1.29, 1.82) is 0 Å². The molecule has 0 radical (unpaired) electrons. The summed E-state index contributed by atoms with van der Waals surface area (Å²) in [5, 5.41) is 4.14. The van der Waals surface area contributed by atoms with Crippen LogP contribution in [0.15, 0.2) is 53.7 Å². The molecule has 188 valence electrons. The molecule has 2 amide bonds. The second-order valence-corrected chi connectivity index (χ2v) is 10.2. The van der Waals surface area contributed by atoms with E-state index in [2.05, 4.69) is 5.32 Å². The topological polar surface area (TPSA) is 102 Å². The normalized spacial score (nSPS) is 24.6. The summed E-state index contributed by atoms with van der Waals surface area (Å²) in [5.74, 6) is -0.168. The maximum atomic E-state index is 13.3. The standard InChI is InChI=1S/C27H30ClN5O3/c1-16-13-17(11-12-36-16)33-23(34)14-27(2,31-26(33)29)20-8-6-9-21(24(20)28)30-25(35)19-15-32(3)22-10-5-4-7-18(19)22/h4-10,15-17H,11-14H2,1-3H3,(H2,29,31)(H,30,35)/t16-,17-,27+/m1/s1. The average Bonchev–Trinajstić information content (AvgIpc) is 3.16. The van der Waals surface area contributed by atoms with Crippen LogP contribution in [0.2, 0.25) is 5.02 Å². The van der Waals surface area contributed by atoms with E-state index in [4.69, 9.17) is 27.1 Å². The van der Waals surface area contributed by atoms with E-state index >= 15 is 0 Å². The van der Waals surface area contributed by atoms with Crippen LogP contribution >= 0.6 is 11.6 Å². The molecule has 2 aliphatic heterocycles. The van der Waals surface area contributed by atoms with Gasteiger partial charge in [-0.25, -0.2) is 4.99 Å². The minimum atomic E-state index is -0.953. The van der Waals surface area contributed by atoms with Gasteiger partial charge < -0.3 is 20.4 Å². The molecule has 8 nitrogen and oxygen atoms in total. The largest absolute Gasteiger partial charge is 0.378 e. The number of nitrogens with one attached hydrogen (secondary N) is 1. The molecule has 1 saturated heterocycles. The monoisotopic (exact) mass is 507 g/mol. The van der Waals surface area contributed by atoms with Gasteiger partial charge in [0.25, 0.3) is 5.91 Å². The molecule has 9 heteroatoms. The van der Waals surface area contributed by atoms with Gasteiger partial charge in [-0.15, -0.1) is 0 Å². The van der Waals surface area contributed by atoms with Crippen LogP contribution in [-0.2, 0) is 22.1 Å². The Labute approximate surface area is 215 Å². The van der Waals surface area contributed by atoms with Crippen molar-refractivity contribution in [2.75, 3.05) is 11.9 Å². The molecular weight excluding hydrogens is 478 g/mol. The zero-order valence-corrected chi connectivity index (χ0v) is 21.4. The fourth-order valence-electron chi connectivity index (χ4n) is 5.37. The number of ether oxygens (including phenoxy) is 1. The predicted molar refractivity (Wildman–Crippen MR) is 141 cm³/mol. The number of para-hydroxylation sites is 1. The van der Waals surface area contributed by atoms with Gasteiger partial charge >= 0.3 is 0 Å². The molecule has 2 aromatic carbocycles. The predicted octanol–water partition coefficient (Wildman–Crippen LogP) is 4.41. The Morgan fingerprint density at radius 1 is 1.25 bits per heavy atom. The third kappa shape index (κ3) is 4.24. The zero-order chi connectivity index (χ0) is 25.6. The lowest BCUT2D eigenvalue weighted by molar-refractivity contribution is -0.133. The van der Waals surface area contributed by atoms with Crippen molar-refractivity contribution in [2.45, 2.75) is 50.8 Å². The molecule has 3 aromatic rings. The van der Waals surface area contributed by atoms with Crippen LogP contribution in [0.4, 0.5) is 5.69 Å². The number of nitrogens with two attached hydrogens (primary N) is 1. The Kier molecular flexibility index (Phi) is 6.26. The Morgan fingerprint density at radius 2 is 2.03 bits per heavy atom. The second-order valence-electron chi connectivity index (χ2n) is 9.84. The van der Waals surface area contributed by atoms with E-state index in [-0.39, 0.29) is 36.3 Å². The number of hydrogen-bond donors (Lipinski definition) is 2. The lowest BCUT2D eigenvalue weighted by atomic mass is 9.86. The number of benzene rings is 2. The Balaban J connectivity index is 1.44. The fourth-order valence-corrected chi connectivity index (χ4v) is 5.74. The van der Waals surface area contributed by atoms with Gasteiger partial charge in [-0.1, -0.05) is 41.9 Å². The minimum Gasteiger partial charge on any atom is -0.378 e. The number of aliphatic imine (C=N–C) groups is 1. The number of halogens is 1. The number of nitrogens with zero attached hydrogens (tertiary/aromatic N) is 3. The third-order valence-electron chi connectivity index (χ3n) is 7.16. The number of amides is 2. The summed E-state index contributed by atoms with van der Waals surface area (Å²) in [6, 6.07) is 13.1. The minimum absolute atomic E-state index is 0.0312. The van der Waals surface area contributed by atoms with Crippen LogP contribution in [0, 0.1) is 0 Å². The first-order valence-corrected chi connectivity index (χ1v) is 12.5. The number of anilines is 1. The summed E-state index contributed by atoms with van der Waals surface area (Å²) in [7, 11) is 1.90. The molecule has 0 saturated carbocycles. The average molecular weight is 508 g/mol. The van der Waals surface area contributed by atoms with Crippen LogP contribution in [0.25, 0.3) is 10.9 Å². The van der Waals surface area contributed by atoms with E-state index in [0.29, 0.717) is 28.4 Å². The highest BCUT2D eigenvalue weighted by molar-refractivity contribution is 6.35. The summed E-state index contributed by atoms with van der Waals surface area (Å²) in [5.41, 5.74) is 8.01. The zero-order valence-electron chi connectivity index (χ0n) is 20.6. The van der Waals surface area contributed by atoms with Crippen LogP contribution in [0.1, 0.15) is 49.0 Å². The van der Waals surface area contributed by atoms with E-state index in [1.165, 1.54) is 0 Å². The van der Waals surface area contributed by atoms with Crippen LogP contribution in [0.5, 0.6) is 0 Å². The molecule has 3 atom stereocenters. The maximum Gasteiger partial charge on any atom is 0.257 e. The molecule has 2 aliphatic rings. The van der Waals surface area contributed by atoms with Gasteiger partial charge in [0.05, 0.1) is 34.3 Å². The number of guanidine groups is 1. The van der Waals surface area contributed by atoms with Crippen molar-refractivity contribution in [2.24, 2.45) is 17.8 Å². The van der Waals surface area contributed by atoms with E-state index in [1.807, 2.05) is 55.8 Å². The van der Waals surface area contributed by atoms with Gasteiger partial charge in [0, 0.05) is 42.4 Å². The first-order valence-electron chi connectivity index (χ1n) is 12.1. The number of rotatable bonds is 4. The summed E-state index contributed by atoms with van der Waals surface area (Å²) in [4.78, 5) is 32.9. The van der Waals surface area contributed by atoms with E-state index in [0.717, 1.165) is 23.7 Å². The lowest BCUT2D eigenvalue weighted by Gasteiger charge is -2.41. The second kappa shape index (κ2) is 9.26. The van der Waals surface area contributed by atoms with Gasteiger partial charge in [-0.05, 0) is 38.8 Å². The van der Waals surface area contributed by atoms with E-state index < -0.39 is 5.54 Å². The lowest BCUT2D eigenvalue weighted by Crippen LogP contribution is -2.56. The van der Waals surface area contributed by atoms with E-state index in [9.17, 15) is 9.59 Å². The molecule has 0 bridgehead atoms.